The van der Waals surface area contributed by atoms with Crippen LogP contribution in [0.4, 0.5) is 0 Å². The van der Waals surface area contributed by atoms with E-state index in [1.54, 1.807) is 12.1 Å². The first-order valence-electron chi connectivity index (χ1n) is 4.76. The van der Waals surface area contributed by atoms with Gasteiger partial charge in [0.2, 0.25) is 11.3 Å². The van der Waals surface area contributed by atoms with Crippen molar-refractivity contribution in [2.45, 2.75) is 19.2 Å². The highest BCUT2D eigenvalue weighted by Gasteiger charge is 2.37. The first-order valence-corrected chi connectivity index (χ1v) is 8.63. The van der Waals surface area contributed by atoms with Crippen LogP contribution in [-0.2, 0) is 21.1 Å². The molecule has 4 nitrogen and oxygen atoms in total. The standard InChI is InChI=1S/C10H9Br3O4S/c11-10(12,13)18(16,17)8-4-1-7(2-5-8)3-6-9(14)15/h1-2,4-5H,3,6H2,(H,14,15). The monoisotopic (exact) mass is 462 g/mol. The second-order valence-corrected chi connectivity index (χ2v) is 13.9. The van der Waals surface area contributed by atoms with E-state index in [-0.39, 0.29) is 11.3 Å². The van der Waals surface area contributed by atoms with Crippen LogP contribution in [0.1, 0.15) is 12.0 Å². The van der Waals surface area contributed by atoms with Gasteiger partial charge >= 0.3 is 5.97 Å². The molecule has 0 radical (unpaired) electrons. The van der Waals surface area contributed by atoms with Crippen molar-refractivity contribution in [3.8, 4) is 0 Å². The fraction of sp³-hybridized carbons (Fsp3) is 0.300. The molecule has 8 heteroatoms. The molecule has 0 atom stereocenters. The molecule has 0 spiro atoms. The smallest absolute Gasteiger partial charge is 0.303 e. The van der Waals surface area contributed by atoms with E-state index in [2.05, 4.69) is 47.8 Å². The molecular weight excluding hydrogens is 456 g/mol. The highest BCUT2D eigenvalue weighted by molar-refractivity contribution is 9.42. The van der Waals surface area contributed by atoms with Crippen LogP contribution >= 0.6 is 47.8 Å². The maximum atomic E-state index is 12.0. The highest BCUT2D eigenvalue weighted by Crippen LogP contribution is 2.43. The summed E-state index contributed by atoms with van der Waals surface area (Å²) in [7, 11) is -3.59. The Morgan fingerprint density at radius 1 is 1.17 bits per heavy atom. The average Bonchev–Trinajstić information content (AvgIpc) is 2.25. The summed E-state index contributed by atoms with van der Waals surface area (Å²) in [5, 5.41) is 8.55. The summed E-state index contributed by atoms with van der Waals surface area (Å²) in [4.78, 5) is 10.5. The lowest BCUT2D eigenvalue weighted by Gasteiger charge is -2.13. The van der Waals surface area contributed by atoms with Gasteiger partial charge in [-0.3, -0.25) is 4.79 Å². The predicted molar refractivity (Wildman–Crippen MR) is 79.1 cm³/mol. The summed E-state index contributed by atoms with van der Waals surface area (Å²) in [6, 6.07) is 6.11. The third-order valence-corrected chi connectivity index (χ3v) is 7.50. The Balaban J connectivity index is 2.93. The molecule has 1 rings (SSSR count). The highest BCUT2D eigenvalue weighted by atomic mass is 80.0. The minimum absolute atomic E-state index is 0.0192. The van der Waals surface area contributed by atoms with E-state index in [9.17, 15) is 13.2 Å². The molecule has 1 N–H and O–H groups in total. The molecule has 0 aliphatic carbocycles. The third kappa shape index (κ3) is 4.04. The molecule has 0 amide bonds. The molecule has 18 heavy (non-hydrogen) atoms. The number of carboxylic acid groups (broad SMARTS) is 1. The van der Waals surface area contributed by atoms with Gasteiger partial charge in [-0.1, -0.05) is 12.1 Å². The number of aliphatic carboxylic acids is 1. The van der Waals surface area contributed by atoms with Crippen LogP contribution in [0, 0.1) is 0 Å². The zero-order chi connectivity index (χ0) is 14.0. The lowest BCUT2D eigenvalue weighted by molar-refractivity contribution is -0.136. The summed E-state index contributed by atoms with van der Waals surface area (Å²) in [6.45, 7) is 0. The van der Waals surface area contributed by atoms with Crippen molar-refractivity contribution in [3.05, 3.63) is 29.8 Å². The molecule has 0 aliphatic rings. The van der Waals surface area contributed by atoms with Gasteiger partial charge < -0.3 is 5.11 Å². The van der Waals surface area contributed by atoms with Gasteiger partial charge in [-0.05, 0) is 71.9 Å². The van der Waals surface area contributed by atoms with Crippen molar-refractivity contribution in [2.75, 3.05) is 0 Å². The second kappa shape index (κ2) is 6.02. The number of hydrogen-bond donors (Lipinski definition) is 1. The molecule has 0 bridgehead atoms. The van der Waals surface area contributed by atoms with Gasteiger partial charge in [-0.15, -0.1) is 0 Å². The second-order valence-electron chi connectivity index (χ2n) is 3.49. The minimum atomic E-state index is -3.59. The Kier molecular flexibility index (Phi) is 5.40. The Hall–Kier alpha value is 0.0800. The zero-order valence-electron chi connectivity index (χ0n) is 8.94. The topological polar surface area (TPSA) is 71.4 Å². The number of carboxylic acids is 1. The maximum Gasteiger partial charge on any atom is 0.303 e. The SMILES string of the molecule is O=C(O)CCc1ccc(S(=O)(=O)C(Br)(Br)Br)cc1. The van der Waals surface area contributed by atoms with Gasteiger partial charge in [-0.2, -0.15) is 0 Å². The fourth-order valence-electron chi connectivity index (χ4n) is 1.22. The minimum Gasteiger partial charge on any atom is -0.481 e. The summed E-state index contributed by atoms with van der Waals surface area (Å²) < 4.78 is 22.6. The molecule has 0 fully saturated rings. The molecule has 0 unspecified atom stereocenters. The molecule has 100 valence electrons. The lowest BCUT2D eigenvalue weighted by atomic mass is 10.1. The maximum absolute atomic E-state index is 12.0. The number of sulfone groups is 1. The Morgan fingerprint density at radius 3 is 2.06 bits per heavy atom. The van der Waals surface area contributed by atoms with Gasteiger partial charge in [0.15, 0.2) is 0 Å². The van der Waals surface area contributed by atoms with Gasteiger partial charge in [-0.25, -0.2) is 8.42 Å². The van der Waals surface area contributed by atoms with Crippen LogP contribution in [0.2, 0.25) is 0 Å². The molecule has 0 aliphatic heterocycles. The van der Waals surface area contributed by atoms with E-state index in [1.807, 2.05) is 0 Å². The number of benzene rings is 1. The van der Waals surface area contributed by atoms with Crippen LogP contribution in [0.25, 0.3) is 0 Å². The summed E-state index contributed by atoms with van der Waals surface area (Å²) >= 11 is 8.92. The number of halogens is 3. The Bertz CT molecular complexity index is 531. The van der Waals surface area contributed by atoms with Gasteiger partial charge in [0.1, 0.15) is 0 Å². The average molecular weight is 465 g/mol. The van der Waals surface area contributed by atoms with Crippen LogP contribution < -0.4 is 0 Å². The number of carbonyl (C=O) groups is 1. The number of hydrogen-bond acceptors (Lipinski definition) is 3. The van der Waals surface area contributed by atoms with Gasteiger partial charge in [0.25, 0.3) is 0 Å². The first-order chi connectivity index (χ1) is 8.14. The van der Waals surface area contributed by atoms with Crippen molar-refractivity contribution in [1.82, 2.24) is 0 Å². The summed E-state index contributed by atoms with van der Waals surface area (Å²) in [6.07, 6.45) is 0.392. The van der Waals surface area contributed by atoms with Crippen molar-refractivity contribution in [3.63, 3.8) is 0 Å². The lowest BCUT2D eigenvalue weighted by Crippen LogP contribution is -2.17. The van der Waals surface area contributed by atoms with E-state index in [1.165, 1.54) is 12.1 Å². The first kappa shape index (κ1) is 16.1. The summed E-state index contributed by atoms with van der Waals surface area (Å²) in [5.74, 6) is -0.882. The Morgan fingerprint density at radius 2 is 1.67 bits per heavy atom. The van der Waals surface area contributed by atoms with Crippen LogP contribution in [0.15, 0.2) is 29.2 Å². The molecule has 1 aromatic carbocycles. The molecule has 0 saturated carbocycles. The van der Waals surface area contributed by atoms with Crippen molar-refractivity contribution < 1.29 is 18.3 Å². The molecule has 0 heterocycles. The normalized spacial score (nSPS) is 12.4. The molecule has 1 aromatic rings. The quantitative estimate of drug-likeness (QED) is 0.694. The fourth-order valence-corrected chi connectivity index (χ4v) is 3.66. The van der Waals surface area contributed by atoms with E-state index < -0.39 is 17.3 Å². The third-order valence-electron chi connectivity index (χ3n) is 2.17. The van der Waals surface area contributed by atoms with Crippen molar-refractivity contribution >= 4 is 63.6 Å². The number of aryl methyl sites for hydroxylation is 1. The molecule has 0 aromatic heterocycles. The van der Waals surface area contributed by atoms with E-state index in [0.717, 1.165) is 5.56 Å². The van der Waals surface area contributed by atoms with Crippen LogP contribution in [0.3, 0.4) is 0 Å². The molecule has 0 saturated heterocycles. The number of rotatable bonds is 4. The van der Waals surface area contributed by atoms with Gasteiger partial charge in [0.05, 0.1) is 4.90 Å². The zero-order valence-corrected chi connectivity index (χ0v) is 14.5. The van der Waals surface area contributed by atoms with Crippen LogP contribution in [-0.4, -0.2) is 21.0 Å². The Labute approximate surface area is 130 Å². The van der Waals surface area contributed by atoms with E-state index >= 15 is 0 Å². The van der Waals surface area contributed by atoms with E-state index in [0.29, 0.717) is 6.42 Å². The van der Waals surface area contributed by atoms with Crippen molar-refractivity contribution in [2.24, 2.45) is 0 Å². The number of alkyl halides is 3. The van der Waals surface area contributed by atoms with Crippen molar-refractivity contribution in [1.29, 1.82) is 0 Å². The van der Waals surface area contributed by atoms with Gasteiger partial charge in [0, 0.05) is 6.42 Å². The largest absolute Gasteiger partial charge is 0.481 e. The molecular formula is C10H9Br3O4S. The summed E-state index contributed by atoms with van der Waals surface area (Å²) in [5.41, 5.74) is 0.778. The van der Waals surface area contributed by atoms with E-state index in [4.69, 9.17) is 5.11 Å². The van der Waals surface area contributed by atoms with Crippen LogP contribution in [0.5, 0.6) is 0 Å². The predicted octanol–water partition coefficient (Wildman–Crippen LogP) is 3.27.